The van der Waals surface area contributed by atoms with E-state index in [0.29, 0.717) is 11.5 Å². The zero-order valence-corrected chi connectivity index (χ0v) is 24.0. The van der Waals surface area contributed by atoms with Gasteiger partial charge in [-0.3, -0.25) is 9.80 Å². The van der Waals surface area contributed by atoms with Crippen LogP contribution in [0.15, 0.2) is 114 Å². The SMILES string of the molecule is COC(=O)CC(c1ccccc1)C1c2ccccc2C(OC)=C(c2ccccc2)N1NS(=O)(=O)c1ccc(C)cc1. The summed E-state index contributed by atoms with van der Waals surface area (Å²) in [5.41, 5.74) is 4.73. The summed E-state index contributed by atoms with van der Waals surface area (Å²) in [4.78, 5) is 15.9. The number of benzene rings is 4. The van der Waals surface area contributed by atoms with E-state index < -0.39 is 28.0 Å². The minimum absolute atomic E-state index is 0.0205. The van der Waals surface area contributed by atoms with Crippen molar-refractivity contribution in [2.24, 2.45) is 0 Å². The predicted octanol–water partition coefficient (Wildman–Crippen LogP) is 6.06. The molecule has 0 bridgehead atoms. The van der Waals surface area contributed by atoms with Crippen LogP contribution < -0.4 is 4.83 Å². The lowest BCUT2D eigenvalue weighted by Crippen LogP contribution is -2.47. The quantitative estimate of drug-likeness (QED) is 0.247. The highest BCUT2D eigenvalue weighted by Crippen LogP contribution is 2.49. The number of hydrogen-bond donors (Lipinski definition) is 1. The van der Waals surface area contributed by atoms with Crippen molar-refractivity contribution in [3.8, 4) is 0 Å². The van der Waals surface area contributed by atoms with E-state index in [1.54, 1.807) is 36.4 Å². The molecule has 0 spiro atoms. The maximum atomic E-state index is 14.0. The van der Waals surface area contributed by atoms with Crippen LogP contribution in [0.25, 0.3) is 11.5 Å². The first kappa shape index (κ1) is 28.1. The van der Waals surface area contributed by atoms with Gasteiger partial charge in [0.2, 0.25) is 0 Å². The summed E-state index contributed by atoms with van der Waals surface area (Å²) < 4.78 is 39.1. The Balaban J connectivity index is 1.79. The Morgan fingerprint density at radius 2 is 1.46 bits per heavy atom. The van der Waals surface area contributed by atoms with Crippen molar-refractivity contribution in [3.63, 3.8) is 0 Å². The van der Waals surface area contributed by atoms with Gasteiger partial charge in [-0.1, -0.05) is 103 Å². The minimum atomic E-state index is -4.06. The molecule has 0 saturated carbocycles. The number of ether oxygens (including phenoxy) is 2. The maximum Gasteiger partial charge on any atom is 0.306 e. The number of nitrogens with one attached hydrogen (secondary N) is 1. The number of hydrogen-bond acceptors (Lipinski definition) is 6. The molecule has 210 valence electrons. The summed E-state index contributed by atoms with van der Waals surface area (Å²) in [7, 11) is -1.13. The number of nitrogens with zero attached hydrogens (tertiary/aromatic N) is 1. The van der Waals surface area contributed by atoms with Crippen molar-refractivity contribution in [1.82, 2.24) is 9.84 Å². The van der Waals surface area contributed by atoms with Crippen LogP contribution in [0, 0.1) is 6.92 Å². The second-order valence-corrected chi connectivity index (χ2v) is 11.5. The van der Waals surface area contributed by atoms with Crippen molar-refractivity contribution < 1.29 is 22.7 Å². The molecule has 0 radical (unpaired) electrons. The Morgan fingerprint density at radius 3 is 2.10 bits per heavy atom. The Hall–Kier alpha value is -4.40. The molecule has 2 atom stereocenters. The van der Waals surface area contributed by atoms with Crippen LogP contribution >= 0.6 is 0 Å². The molecule has 0 fully saturated rings. The van der Waals surface area contributed by atoms with E-state index in [9.17, 15) is 13.2 Å². The molecule has 0 aliphatic carbocycles. The molecule has 8 heteroatoms. The van der Waals surface area contributed by atoms with Gasteiger partial charge < -0.3 is 9.47 Å². The number of esters is 1. The van der Waals surface area contributed by atoms with Gasteiger partial charge >= 0.3 is 5.97 Å². The molecule has 0 amide bonds. The van der Waals surface area contributed by atoms with Crippen molar-refractivity contribution >= 4 is 27.4 Å². The Kier molecular flexibility index (Phi) is 8.23. The van der Waals surface area contributed by atoms with Gasteiger partial charge in [-0.2, -0.15) is 0 Å². The first-order chi connectivity index (χ1) is 19.8. The average Bonchev–Trinajstić information content (AvgIpc) is 3.00. The Morgan fingerprint density at radius 1 is 0.854 bits per heavy atom. The van der Waals surface area contributed by atoms with Crippen LogP contribution in [0.4, 0.5) is 0 Å². The van der Waals surface area contributed by atoms with Gasteiger partial charge in [0, 0.05) is 17.0 Å². The van der Waals surface area contributed by atoms with Crippen LogP contribution in [0.5, 0.6) is 0 Å². The van der Waals surface area contributed by atoms with Crippen molar-refractivity contribution in [1.29, 1.82) is 0 Å². The lowest BCUT2D eigenvalue weighted by atomic mass is 9.79. The number of rotatable bonds is 9. The zero-order valence-electron chi connectivity index (χ0n) is 23.2. The molecule has 4 aromatic carbocycles. The van der Waals surface area contributed by atoms with Gasteiger partial charge in [0.15, 0.2) is 5.76 Å². The summed E-state index contributed by atoms with van der Waals surface area (Å²) in [6, 6.07) is 32.9. The van der Waals surface area contributed by atoms with Gasteiger partial charge in [0.1, 0.15) is 5.70 Å². The fourth-order valence-electron chi connectivity index (χ4n) is 5.32. The van der Waals surface area contributed by atoms with Gasteiger partial charge in [0.05, 0.1) is 31.6 Å². The van der Waals surface area contributed by atoms with E-state index in [-0.39, 0.29) is 11.3 Å². The van der Waals surface area contributed by atoms with Gasteiger partial charge in [-0.15, -0.1) is 4.83 Å². The molecule has 4 aromatic rings. The number of hydrazine groups is 1. The van der Waals surface area contributed by atoms with E-state index in [0.717, 1.165) is 27.8 Å². The highest BCUT2D eigenvalue weighted by molar-refractivity contribution is 7.89. The van der Waals surface area contributed by atoms with E-state index in [4.69, 9.17) is 9.47 Å². The highest BCUT2D eigenvalue weighted by atomic mass is 32.2. The average molecular weight is 569 g/mol. The fourth-order valence-corrected chi connectivity index (χ4v) is 6.39. The Labute approximate surface area is 241 Å². The monoisotopic (exact) mass is 568 g/mol. The normalized spacial score (nSPS) is 15.7. The van der Waals surface area contributed by atoms with Crippen LogP contribution in [-0.4, -0.2) is 33.6 Å². The third-order valence-electron chi connectivity index (χ3n) is 7.28. The second kappa shape index (κ2) is 12.0. The smallest absolute Gasteiger partial charge is 0.306 e. The van der Waals surface area contributed by atoms with E-state index in [1.165, 1.54) is 7.11 Å². The molecule has 1 N–H and O–H groups in total. The van der Waals surface area contributed by atoms with Crippen molar-refractivity contribution in [2.45, 2.75) is 30.2 Å². The molecule has 0 aromatic heterocycles. The standard InChI is InChI=1S/C33H32N2O5S/c1-23-18-20-26(21-19-23)41(37,38)34-35-31(25-14-8-5-9-15-25)33(40-3)28-17-11-10-16-27(28)32(35)29(22-30(36)39-2)24-12-6-4-7-13-24/h4-21,29,32,34H,22H2,1-3H3. The predicted molar refractivity (Wildman–Crippen MR) is 159 cm³/mol. The topological polar surface area (TPSA) is 84.9 Å². The molecule has 7 nitrogen and oxygen atoms in total. The number of carbonyl (C=O) groups excluding carboxylic acids is 1. The second-order valence-electron chi connectivity index (χ2n) is 9.86. The molecule has 2 unspecified atom stereocenters. The maximum absolute atomic E-state index is 14.0. The zero-order chi connectivity index (χ0) is 29.0. The van der Waals surface area contributed by atoms with E-state index in [1.807, 2.05) is 91.9 Å². The molecule has 1 aliphatic heterocycles. The lowest BCUT2D eigenvalue weighted by molar-refractivity contribution is -0.141. The molecule has 5 rings (SSSR count). The highest BCUT2D eigenvalue weighted by Gasteiger charge is 2.42. The first-order valence-electron chi connectivity index (χ1n) is 13.3. The number of sulfonamides is 1. The summed E-state index contributed by atoms with van der Waals surface area (Å²) in [5, 5.41) is 1.65. The van der Waals surface area contributed by atoms with Crippen LogP contribution in [0.3, 0.4) is 0 Å². The largest absolute Gasteiger partial charge is 0.494 e. The minimum Gasteiger partial charge on any atom is -0.494 e. The summed E-state index contributed by atoms with van der Waals surface area (Å²) >= 11 is 0. The van der Waals surface area contributed by atoms with Gasteiger partial charge in [0.25, 0.3) is 10.0 Å². The van der Waals surface area contributed by atoms with Crippen LogP contribution in [0.2, 0.25) is 0 Å². The first-order valence-corrected chi connectivity index (χ1v) is 14.8. The number of methoxy groups -OCH3 is 2. The molecular weight excluding hydrogens is 536 g/mol. The molecule has 41 heavy (non-hydrogen) atoms. The molecule has 0 saturated heterocycles. The molecule has 1 aliphatic rings. The van der Waals surface area contributed by atoms with Crippen LogP contribution in [-0.2, 0) is 24.3 Å². The third-order valence-corrected chi connectivity index (χ3v) is 8.61. The summed E-state index contributed by atoms with van der Waals surface area (Å²) in [6.45, 7) is 1.90. The van der Waals surface area contributed by atoms with Gasteiger partial charge in [-0.25, -0.2) is 8.42 Å². The van der Waals surface area contributed by atoms with Crippen molar-refractivity contribution in [3.05, 3.63) is 137 Å². The number of fused-ring (bicyclic) bond motifs is 1. The van der Waals surface area contributed by atoms with Gasteiger partial charge in [-0.05, 0) is 30.2 Å². The van der Waals surface area contributed by atoms with E-state index in [2.05, 4.69) is 4.83 Å². The summed E-state index contributed by atoms with van der Waals surface area (Å²) in [5.74, 6) is -0.373. The van der Waals surface area contributed by atoms with Crippen LogP contribution in [0.1, 0.15) is 46.2 Å². The number of aryl methyl sites for hydroxylation is 1. The van der Waals surface area contributed by atoms with Crippen molar-refractivity contribution in [2.75, 3.05) is 14.2 Å². The lowest BCUT2D eigenvalue weighted by Gasteiger charge is -2.44. The number of carbonyl (C=O) groups is 1. The third kappa shape index (κ3) is 5.75. The fraction of sp³-hybridized carbons (Fsp3) is 0.182. The molecule has 1 heterocycles. The summed E-state index contributed by atoms with van der Waals surface area (Å²) in [6.07, 6.45) is 0.0205. The Bertz CT molecular complexity index is 1650. The van der Waals surface area contributed by atoms with E-state index >= 15 is 0 Å². The molecular formula is C33H32N2O5S.